The third-order valence-electron chi connectivity index (χ3n) is 4.60. The van der Waals surface area contributed by atoms with E-state index in [2.05, 4.69) is 11.7 Å². The van der Waals surface area contributed by atoms with Crippen LogP contribution in [0.25, 0.3) is 0 Å². The summed E-state index contributed by atoms with van der Waals surface area (Å²) in [5, 5.41) is 4.63. The van der Waals surface area contributed by atoms with Crippen molar-refractivity contribution < 1.29 is 12.8 Å². The van der Waals surface area contributed by atoms with Crippen molar-refractivity contribution in [3.05, 3.63) is 58.9 Å². The van der Waals surface area contributed by atoms with Crippen molar-refractivity contribution in [3.8, 4) is 0 Å². The van der Waals surface area contributed by atoms with Crippen molar-refractivity contribution in [3.63, 3.8) is 0 Å². The van der Waals surface area contributed by atoms with Crippen molar-refractivity contribution in [2.75, 3.05) is 18.6 Å². The summed E-state index contributed by atoms with van der Waals surface area (Å²) in [4.78, 5) is 2.02. The Kier molecular flexibility index (Phi) is 5.92. The number of rotatable bonds is 7. The molecule has 1 aromatic carbocycles. The fourth-order valence-corrected chi connectivity index (χ4v) is 5.34. The molecule has 0 radical (unpaired) electrons. The third-order valence-corrected chi connectivity index (χ3v) is 6.80. The Labute approximate surface area is 163 Å². The van der Waals surface area contributed by atoms with Gasteiger partial charge in [0.15, 0.2) is 14.6 Å². The van der Waals surface area contributed by atoms with E-state index in [1.54, 1.807) is 22.9 Å². The number of benzene rings is 1. The lowest BCUT2D eigenvalue weighted by atomic mass is 10.1. The number of halogens is 1. The molecule has 6 nitrogen and oxygen atoms in total. The van der Waals surface area contributed by atoms with Crippen molar-refractivity contribution >= 4 is 22.1 Å². The smallest absolute Gasteiger partial charge is 0.199 e. The first-order valence-corrected chi connectivity index (χ1v) is 10.9. The average Bonchev–Trinajstić information content (AvgIpc) is 3.11. The second-order valence-electron chi connectivity index (χ2n) is 6.92. The zero-order valence-corrected chi connectivity index (χ0v) is 16.8. The van der Waals surface area contributed by atoms with Gasteiger partial charge in [0, 0.05) is 19.0 Å². The molecule has 146 valence electrons. The molecule has 27 heavy (non-hydrogen) atoms. The second-order valence-corrected chi connectivity index (χ2v) is 9.52. The summed E-state index contributed by atoms with van der Waals surface area (Å²) in [6.45, 7) is 5.32. The van der Waals surface area contributed by atoms with E-state index in [9.17, 15) is 12.8 Å². The minimum Gasteiger partial charge on any atom is -0.300 e. The molecular formula is C18H23FN4O2S2. The van der Waals surface area contributed by atoms with Crippen LogP contribution in [0.15, 0.2) is 36.9 Å². The summed E-state index contributed by atoms with van der Waals surface area (Å²) in [6, 6.07) is 6.37. The second kappa shape index (κ2) is 8.04. The van der Waals surface area contributed by atoms with E-state index >= 15 is 0 Å². The lowest BCUT2D eigenvalue weighted by molar-refractivity contribution is 0.243. The molecule has 1 fully saturated rings. The van der Waals surface area contributed by atoms with Crippen LogP contribution in [0.4, 0.5) is 4.39 Å². The topological polar surface area (TPSA) is 60.1 Å². The minimum atomic E-state index is -3.01. The maximum absolute atomic E-state index is 13.1. The van der Waals surface area contributed by atoms with Crippen LogP contribution in [-0.2, 0) is 29.6 Å². The maximum Gasteiger partial charge on any atom is 0.199 e. The van der Waals surface area contributed by atoms with Gasteiger partial charge in [-0.25, -0.2) is 17.5 Å². The minimum absolute atomic E-state index is 0.112. The highest BCUT2D eigenvalue weighted by Gasteiger charge is 2.33. The van der Waals surface area contributed by atoms with E-state index in [0.29, 0.717) is 36.8 Å². The zero-order valence-electron chi connectivity index (χ0n) is 15.2. The van der Waals surface area contributed by atoms with Gasteiger partial charge in [-0.15, -0.1) is 6.58 Å². The molecule has 1 aliphatic rings. The molecule has 1 saturated heterocycles. The summed E-state index contributed by atoms with van der Waals surface area (Å²) in [6.07, 6.45) is 2.30. The van der Waals surface area contributed by atoms with Gasteiger partial charge in [-0.2, -0.15) is 5.10 Å². The van der Waals surface area contributed by atoms with E-state index in [1.807, 2.05) is 16.5 Å². The van der Waals surface area contributed by atoms with Gasteiger partial charge in [-0.05, 0) is 43.4 Å². The molecule has 0 spiro atoms. The van der Waals surface area contributed by atoms with Gasteiger partial charge >= 0.3 is 0 Å². The Morgan fingerprint density at radius 1 is 1.41 bits per heavy atom. The highest BCUT2D eigenvalue weighted by molar-refractivity contribution is 7.91. The number of allylic oxidation sites excluding steroid dienone is 1. The molecule has 1 aromatic heterocycles. The van der Waals surface area contributed by atoms with Crippen LogP contribution in [0.1, 0.15) is 23.7 Å². The van der Waals surface area contributed by atoms with Gasteiger partial charge < -0.3 is 0 Å². The number of hydrogen-bond acceptors (Lipinski definition) is 5. The third kappa shape index (κ3) is 4.72. The predicted octanol–water partition coefficient (Wildman–Crippen LogP) is 2.73. The molecule has 1 aliphatic heterocycles. The molecule has 0 aliphatic carbocycles. The lowest BCUT2D eigenvalue weighted by Crippen LogP contribution is -2.22. The number of sulfone groups is 1. The van der Waals surface area contributed by atoms with Crippen molar-refractivity contribution in [2.45, 2.75) is 32.1 Å². The van der Waals surface area contributed by atoms with Crippen LogP contribution in [0.3, 0.4) is 0 Å². The Morgan fingerprint density at radius 3 is 2.70 bits per heavy atom. The summed E-state index contributed by atoms with van der Waals surface area (Å²) >= 11 is 5.56. The Morgan fingerprint density at radius 2 is 2.11 bits per heavy atom. The number of nitrogens with zero attached hydrogens (tertiary/aromatic N) is 4. The van der Waals surface area contributed by atoms with E-state index < -0.39 is 9.84 Å². The first-order chi connectivity index (χ1) is 12.8. The summed E-state index contributed by atoms with van der Waals surface area (Å²) in [5.41, 5.74) is 0.984. The SMILES string of the molecule is C=CCn1c([C@H]2CCS(=O)(=O)C2)nn(CN(C)Cc2ccc(F)cc2)c1=S. The van der Waals surface area contributed by atoms with Crippen molar-refractivity contribution in [1.29, 1.82) is 0 Å². The number of aromatic nitrogens is 3. The molecule has 0 saturated carbocycles. The molecule has 0 amide bonds. The molecule has 1 atom stereocenters. The predicted molar refractivity (Wildman–Crippen MR) is 105 cm³/mol. The summed E-state index contributed by atoms with van der Waals surface area (Å²) in [5.74, 6) is 0.608. The molecular weight excluding hydrogens is 387 g/mol. The Balaban J connectivity index is 1.81. The van der Waals surface area contributed by atoms with Crippen LogP contribution < -0.4 is 0 Å². The van der Waals surface area contributed by atoms with E-state index in [1.165, 1.54) is 12.1 Å². The molecule has 0 unspecified atom stereocenters. The largest absolute Gasteiger partial charge is 0.300 e. The Bertz CT molecular complexity index is 980. The van der Waals surface area contributed by atoms with Gasteiger partial charge in [0.2, 0.25) is 0 Å². The molecule has 0 N–H and O–H groups in total. The van der Waals surface area contributed by atoms with Crippen LogP contribution in [0.5, 0.6) is 0 Å². The zero-order chi connectivity index (χ0) is 19.6. The summed E-state index contributed by atoms with van der Waals surface area (Å²) < 4.78 is 40.9. The highest BCUT2D eigenvalue weighted by Crippen LogP contribution is 2.28. The van der Waals surface area contributed by atoms with Crippen LogP contribution in [-0.4, -0.2) is 46.2 Å². The van der Waals surface area contributed by atoms with Crippen LogP contribution in [0.2, 0.25) is 0 Å². The molecule has 0 bridgehead atoms. The average molecular weight is 411 g/mol. The lowest BCUT2D eigenvalue weighted by Gasteiger charge is -2.16. The standard InChI is InChI=1S/C18H23FN4O2S2/c1-3-9-22-17(15-8-10-27(24,25)12-15)20-23(18(22)26)13-21(2)11-14-4-6-16(19)7-5-14/h3-7,15H,1,8-13H2,2H3/t15-/m0/s1. The normalized spacial score (nSPS) is 18.9. The Hall–Kier alpha value is -1.84. The maximum atomic E-state index is 13.1. The van der Waals surface area contributed by atoms with Crippen LogP contribution >= 0.6 is 12.2 Å². The fraction of sp³-hybridized carbons (Fsp3) is 0.444. The quantitative estimate of drug-likeness (QED) is 0.519. The van der Waals surface area contributed by atoms with Gasteiger partial charge in [-0.3, -0.25) is 9.47 Å². The monoisotopic (exact) mass is 410 g/mol. The molecule has 3 rings (SSSR count). The first kappa shape index (κ1) is 19.9. The molecule has 2 aromatic rings. The van der Waals surface area contributed by atoms with Gasteiger partial charge in [0.05, 0.1) is 18.2 Å². The van der Waals surface area contributed by atoms with Crippen molar-refractivity contribution in [2.24, 2.45) is 0 Å². The van der Waals surface area contributed by atoms with E-state index in [0.717, 1.165) is 5.56 Å². The van der Waals surface area contributed by atoms with Gasteiger partial charge in [-0.1, -0.05) is 18.2 Å². The van der Waals surface area contributed by atoms with Crippen LogP contribution in [0, 0.1) is 10.6 Å². The van der Waals surface area contributed by atoms with Gasteiger partial charge in [0.25, 0.3) is 0 Å². The van der Waals surface area contributed by atoms with Gasteiger partial charge in [0.1, 0.15) is 11.6 Å². The molecule has 9 heteroatoms. The van der Waals surface area contributed by atoms with E-state index in [4.69, 9.17) is 12.2 Å². The number of hydrogen-bond donors (Lipinski definition) is 0. The first-order valence-electron chi connectivity index (χ1n) is 8.71. The highest BCUT2D eigenvalue weighted by atomic mass is 32.2. The van der Waals surface area contributed by atoms with Crippen molar-refractivity contribution in [1.82, 2.24) is 19.2 Å². The fourth-order valence-electron chi connectivity index (χ4n) is 3.33. The molecule has 2 heterocycles. The van der Waals surface area contributed by atoms with E-state index in [-0.39, 0.29) is 23.2 Å². The summed E-state index contributed by atoms with van der Waals surface area (Å²) in [7, 11) is -1.08.